The third-order valence-electron chi connectivity index (χ3n) is 6.59. The molecule has 0 bridgehead atoms. The van der Waals surface area contributed by atoms with Gasteiger partial charge in [-0.05, 0) is 67.8 Å². The highest BCUT2D eigenvalue weighted by Crippen LogP contribution is 2.31. The summed E-state index contributed by atoms with van der Waals surface area (Å²) in [5, 5.41) is 4.01. The number of unbranched alkanes of at least 4 members (excludes halogenated alkanes) is 1. The van der Waals surface area contributed by atoms with E-state index in [1.54, 1.807) is 37.3 Å². The number of amides is 2. The molecule has 0 aromatic heterocycles. The van der Waals surface area contributed by atoms with Gasteiger partial charge in [-0.2, -0.15) is 0 Å². The zero-order chi connectivity index (χ0) is 31.0. The van der Waals surface area contributed by atoms with Crippen molar-refractivity contribution in [3.8, 4) is 0 Å². The van der Waals surface area contributed by atoms with Crippen LogP contribution in [0.25, 0.3) is 0 Å². The second-order valence-electron chi connectivity index (χ2n) is 9.78. The van der Waals surface area contributed by atoms with E-state index >= 15 is 0 Å². The van der Waals surface area contributed by atoms with Crippen LogP contribution < -0.4 is 9.62 Å². The van der Waals surface area contributed by atoms with E-state index in [2.05, 4.69) is 5.32 Å². The molecule has 3 aromatic rings. The minimum Gasteiger partial charge on any atom is -0.354 e. The topological polar surface area (TPSA) is 86.8 Å². The fraction of sp³-hybridized carbons (Fsp3) is 0.333. The number of sulfonamides is 1. The molecule has 1 N–H and O–H groups in total. The maximum Gasteiger partial charge on any atom is 0.264 e. The Balaban J connectivity index is 2.09. The number of halogens is 4. The third kappa shape index (κ3) is 8.77. The lowest BCUT2D eigenvalue weighted by Gasteiger charge is -2.33. The summed E-state index contributed by atoms with van der Waals surface area (Å²) in [6, 6.07) is 14.5. The van der Waals surface area contributed by atoms with Crippen LogP contribution in [0.3, 0.4) is 0 Å². The highest BCUT2D eigenvalue weighted by molar-refractivity contribution is 7.92. The van der Waals surface area contributed by atoms with Crippen LogP contribution in [0.2, 0.25) is 20.1 Å². The van der Waals surface area contributed by atoms with Crippen molar-refractivity contribution in [2.75, 3.05) is 17.4 Å². The quantitative estimate of drug-likeness (QED) is 0.190. The van der Waals surface area contributed by atoms with E-state index in [9.17, 15) is 18.0 Å². The molecule has 3 aromatic carbocycles. The monoisotopic (exact) mass is 671 g/mol. The van der Waals surface area contributed by atoms with Gasteiger partial charge in [0.1, 0.15) is 12.6 Å². The van der Waals surface area contributed by atoms with Crippen LogP contribution in [0.15, 0.2) is 65.6 Å². The van der Waals surface area contributed by atoms with Crippen LogP contribution in [0.4, 0.5) is 5.69 Å². The normalized spacial score (nSPS) is 12.1. The van der Waals surface area contributed by atoms with Crippen molar-refractivity contribution in [1.82, 2.24) is 10.2 Å². The maximum atomic E-state index is 14.2. The number of anilines is 1. The Labute approximate surface area is 267 Å². The molecule has 7 nitrogen and oxygen atoms in total. The molecule has 0 aliphatic carbocycles. The molecule has 0 spiro atoms. The Kier molecular flexibility index (Phi) is 12.4. The van der Waals surface area contributed by atoms with Crippen LogP contribution in [0, 0.1) is 6.92 Å². The largest absolute Gasteiger partial charge is 0.354 e. The standard InChI is InChI=1S/C30H33Cl4N3O4S/c1-4-6-13-35-30(39)28(5-2)36(18-21-9-10-22(31)17-27(21)34)29(38)19-37(25-15-23(32)14-24(33)16-25)42(40,41)26-11-7-20(3)8-12-26/h7-12,14-17,28H,4-6,13,18-19H2,1-3H3,(H,35,39)/t28-/m1/s1. The van der Waals surface area contributed by atoms with Crippen LogP contribution in [-0.4, -0.2) is 44.3 Å². The van der Waals surface area contributed by atoms with Crippen LogP contribution in [-0.2, 0) is 26.2 Å². The molecular formula is C30H33Cl4N3O4S. The summed E-state index contributed by atoms with van der Waals surface area (Å²) in [6.07, 6.45) is 1.94. The summed E-state index contributed by atoms with van der Waals surface area (Å²) in [6.45, 7) is 5.40. The summed E-state index contributed by atoms with van der Waals surface area (Å²) in [7, 11) is -4.27. The van der Waals surface area contributed by atoms with Gasteiger partial charge in [0.15, 0.2) is 0 Å². The molecule has 2 amide bonds. The SMILES string of the molecule is CCCCNC(=O)[C@@H](CC)N(Cc1ccc(Cl)cc1Cl)C(=O)CN(c1cc(Cl)cc(Cl)c1)S(=O)(=O)c1ccc(C)cc1. The number of nitrogens with zero attached hydrogens (tertiary/aromatic N) is 2. The number of rotatable bonds is 13. The van der Waals surface area contributed by atoms with Gasteiger partial charge in [0.25, 0.3) is 10.0 Å². The first-order valence-electron chi connectivity index (χ1n) is 13.4. The Bertz CT molecular complexity index is 1500. The van der Waals surface area contributed by atoms with Crippen LogP contribution >= 0.6 is 46.4 Å². The van der Waals surface area contributed by atoms with Crippen LogP contribution in [0.1, 0.15) is 44.2 Å². The Morgan fingerprint density at radius 3 is 2.10 bits per heavy atom. The number of carbonyl (C=O) groups excluding carboxylic acids is 2. The first kappa shape index (κ1) is 34.0. The lowest BCUT2D eigenvalue weighted by atomic mass is 10.1. The van der Waals surface area contributed by atoms with Crippen LogP contribution in [0.5, 0.6) is 0 Å². The van der Waals surface area contributed by atoms with E-state index in [-0.39, 0.29) is 39.5 Å². The number of nitrogens with one attached hydrogen (secondary N) is 1. The average molecular weight is 673 g/mol. The van der Waals surface area contributed by atoms with Gasteiger partial charge in [0, 0.05) is 33.2 Å². The number of carbonyl (C=O) groups is 2. The van der Waals surface area contributed by atoms with Crippen molar-refractivity contribution in [2.45, 2.75) is 57.5 Å². The summed E-state index contributed by atoms with van der Waals surface area (Å²) < 4.78 is 28.9. The van der Waals surface area contributed by atoms with Gasteiger partial charge in [-0.3, -0.25) is 13.9 Å². The van der Waals surface area contributed by atoms with Gasteiger partial charge in [-0.25, -0.2) is 8.42 Å². The van der Waals surface area contributed by atoms with Crippen molar-refractivity contribution in [2.24, 2.45) is 0 Å². The molecule has 12 heteroatoms. The molecule has 1 atom stereocenters. The predicted molar refractivity (Wildman–Crippen MR) is 171 cm³/mol. The molecule has 3 rings (SSSR count). The summed E-state index contributed by atoms with van der Waals surface area (Å²) >= 11 is 25.0. The van der Waals surface area contributed by atoms with Crippen molar-refractivity contribution in [3.05, 3.63) is 91.9 Å². The van der Waals surface area contributed by atoms with Crippen molar-refractivity contribution >= 4 is 73.9 Å². The fourth-order valence-corrected chi connectivity index (χ4v) is 6.69. The molecule has 0 heterocycles. The second-order valence-corrected chi connectivity index (χ2v) is 13.4. The molecule has 0 radical (unpaired) electrons. The highest BCUT2D eigenvalue weighted by atomic mass is 35.5. The molecule has 226 valence electrons. The molecule has 0 aliphatic heterocycles. The van der Waals surface area contributed by atoms with E-state index < -0.39 is 28.5 Å². The van der Waals surface area contributed by atoms with Crippen molar-refractivity contribution in [1.29, 1.82) is 0 Å². The van der Waals surface area contributed by atoms with Gasteiger partial charge in [-0.1, -0.05) is 90.4 Å². The minimum atomic E-state index is -4.27. The number of benzene rings is 3. The summed E-state index contributed by atoms with van der Waals surface area (Å²) in [5.74, 6) is -0.964. The van der Waals surface area contributed by atoms with E-state index in [4.69, 9.17) is 46.4 Å². The molecule has 0 fully saturated rings. The van der Waals surface area contributed by atoms with Gasteiger partial charge in [0.2, 0.25) is 11.8 Å². The zero-order valence-corrected chi connectivity index (χ0v) is 27.4. The third-order valence-corrected chi connectivity index (χ3v) is 9.41. The minimum absolute atomic E-state index is 0.0198. The fourth-order valence-electron chi connectivity index (χ4n) is 4.31. The average Bonchev–Trinajstić information content (AvgIpc) is 2.92. The van der Waals surface area contributed by atoms with Gasteiger partial charge < -0.3 is 10.2 Å². The van der Waals surface area contributed by atoms with Crippen molar-refractivity contribution in [3.63, 3.8) is 0 Å². The number of aryl methyl sites for hydroxylation is 1. The van der Waals surface area contributed by atoms with E-state index in [1.807, 2.05) is 13.8 Å². The summed E-state index contributed by atoms with van der Waals surface area (Å²) in [4.78, 5) is 28.8. The van der Waals surface area contributed by atoms with E-state index in [0.717, 1.165) is 22.7 Å². The van der Waals surface area contributed by atoms with E-state index in [1.165, 1.54) is 35.2 Å². The van der Waals surface area contributed by atoms with E-state index in [0.29, 0.717) is 22.2 Å². The van der Waals surface area contributed by atoms with Gasteiger partial charge in [-0.15, -0.1) is 0 Å². The predicted octanol–water partition coefficient (Wildman–Crippen LogP) is 7.53. The maximum absolute atomic E-state index is 14.2. The first-order valence-corrected chi connectivity index (χ1v) is 16.4. The Morgan fingerprint density at radius 2 is 1.52 bits per heavy atom. The molecular weight excluding hydrogens is 640 g/mol. The first-order chi connectivity index (χ1) is 19.9. The lowest BCUT2D eigenvalue weighted by molar-refractivity contribution is -0.140. The molecule has 0 saturated carbocycles. The molecule has 42 heavy (non-hydrogen) atoms. The summed E-state index contributed by atoms with van der Waals surface area (Å²) in [5.41, 5.74) is 1.52. The molecule has 0 aliphatic rings. The Morgan fingerprint density at radius 1 is 0.881 bits per heavy atom. The van der Waals surface area contributed by atoms with Gasteiger partial charge >= 0.3 is 0 Å². The number of hydrogen-bond donors (Lipinski definition) is 1. The Hall–Kier alpha value is -2.49. The zero-order valence-electron chi connectivity index (χ0n) is 23.5. The second kappa shape index (κ2) is 15.3. The number of hydrogen-bond acceptors (Lipinski definition) is 4. The molecule has 0 saturated heterocycles. The molecule has 0 unspecified atom stereocenters. The lowest BCUT2D eigenvalue weighted by Crippen LogP contribution is -2.52. The van der Waals surface area contributed by atoms with Crippen molar-refractivity contribution < 1.29 is 18.0 Å². The smallest absolute Gasteiger partial charge is 0.264 e. The highest BCUT2D eigenvalue weighted by Gasteiger charge is 2.34. The van der Waals surface area contributed by atoms with Gasteiger partial charge in [0.05, 0.1) is 10.6 Å².